The van der Waals surface area contributed by atoms with E-state index in [1.54, 1.807) is 23.5 Å². The molecule has 1 aliphatic rings. The smallest absolute Gasteiger partial charge is 0.162 e. The number of phenolic OH excluding ortho intramolecular Hbond substituents is 1. The Morgan fingerprint density at radius 1 is 1.22 bits per heavy atom. The first kappa shape index (κ1) is 14.4. The molecule has 1 N–H and O–H groups in total. The molecule has 0 amide bonds. The number of aryl methyl sites for hydroxylation is 1. The van der Waals surface area contributed by atoms with E-state index in [2.05, 4.69) is 17.2 Å². The van der Waals surface area contributed by atoms with Gasteiger partial charge in [0, 0.05) is 18.7 Å². The molecule has 118 valence electrons. The number of rotatable bonds is 2. The standard InChI is InChI=1S/C17H17N3O2S/c1-11-10-23-15-14(11)18-16(12-3-2-4-13(21)9-12)19-17(15)20-5-7-22-8-6-20/h2-4,9-10,21H,5-8H2,1H3. The van der Waals surface area contributed by atoms with Crippen LogP contribution in [-0.2, 0) is 4.74 Å². The fraction of sp³-hybridized carbons (Fsp3) is 0.294. The van der Waals surface area contributed by atoms with Crippen molar-refractivity contribution in [3.63, 3.8) is 0 Å². The van der Waals surface area contributed by atoms with Crippen molar-refractivity contribution in [2.24, 2.45) is 0 Å². The van der Waals surface area contributed by atoms with Gasteiger partial charge in [-0.3, -0.25) is 0 Å². The summed E-state index contributed by atoms with van der Waals surface area (Å²) in [6.45, 7) is 5.18. The van der Waals surface area contributed by atoms with Crippen LogP contribution in [0.4, 0.5) is 5.82 Å². The van der Waals surface area contributed by atoms with E-state index in [0.29, 0.717) is 5.82 Å². The van der Waals surface area contributed by atoms with E-state index in [-0.39, 0.29) is 5.75 Å². The molecule has 23 heavy (non-hydrogen) atoms. The maximum absolute atomic E-state index is 9.74. The molecule has 0 bridgehead atoms. The highest BCUT2D eigenvalue weighted by Gasteiger charge is 2.20. The summed E-state index contributed by atoms with van der Waals surface area (Å²) in [5.41, 5.74) is 2.97. The summed E-state index contributed by atoms with van der Waals surface area (Å²) in [7, 11) is 0. The molecule has 1 aliphatic heterocycles. The Balaban J connectivity index is 1.90. The molecule has 3 aromatic rings. The monoisotopic (exact) mass is 327 g/mol. The molecule has 1 aromatic carbocycles. The third-order valence-electron chi connectivity index (χ3n) is 3.99. The number of nitrogens with zero attached hydrogens (tertiary/aromatic N) is 3. The minimum atomic E-state index is 0.223. The van der Waals surface area contributed by atoms with Gasteiger partial charge in [0.15, 0.2) is 11.6 Å². The van der Waals surface area contributed by atoms with Crippen molar-refractivity contribution >= 4 is 27.4 Å². The first-order valence-electron chi connectivity index (χ1n) is 7.60. The molecule has 4 rings (SSSR count). The van der Waals surface area contributed by atoms with Gasteiger partial charge in [-0.2, -0.15) is 0 Å². The van der Waals surface area contributed by atoms with Gasteiger partial charge in [-0.05, 0) is 30.0 Å². The van der Waals surface area contributed by atoms with Gasteiger partial charge in [0.2, 0.25) is 0 Å². The summed E-state index contributed by atoms with van der Waals surface area (Å²) in [6, 6.07) is 7.09. The third kappa shape index (κ3) is 2.64. The van der Waals surface area contributed by atoms with Crippen molar-refractivity contribution in [2.75, 3.05) is 31.2 Å². The first-order chi connectivity index (χ1) is 11.2. The van der Waals surface area contributed by atoms with Gasteiger partial charge >= 0.3 is 0 Å². The Bertz CT molecular complexity index is 856. The van der Waals surface area contributed by atoms with E-state index in [1.807, 2.05) is 12.1 Å². The van der Waals surface area contributed by atoms with E-state index in [0.717, 1.165) is 53.5 Å². The molecule has 1 fully saturated rings. The minimum absolute atomic E-state index is 0.223. The molecule has 5 nitrogen and oxygen atoms in total. The lowest BCUT2D eigenvalue weighted by Gasteiger charge is -2.28. The highest BCUT2D eigenvalue weighted by atomic mass is 32.1. The fourth-order valence-corrected chi connectivity index (χ4v) is 3.79. The van der Waals surface area contributed by atoms with Gasteiger partial charge in [0.1, 0.15) is 5.75 Å². The van der Waals surface area contributed by atoms with Crippen molar-refractivity contribution in [2.45, 2.75) is 6.92 Å². The number of aromatic nitrogens is 2. The van der Waals surface area contributed by atoms with Gasteiger partial charge in [0.05, 0.1) is 23.4 Å². The molecule has 2 aromatic heterocycles. The van der Waals surface area contributed by atoms with E-state index in [9.17, 15) is 5.11 Å². The molecule has 0 aliphatic carbocycles. The number of fused-ring (bicyclic) bond motifs is 1. The van der Waals surface area contributed by atoms with Crippen LogP contribution in [0.25, 0.3) is 21.6 Å². The van der Waals surface area contributed by atoms with Crippen molar-refractivity contribution in [1.29, 1.82) is 0 Å². The zero-order valence-electron chi connectivity index (χ0n) is 12.8. The third-order valence-corrected chi connectivity index (χ3v) is 5.07. The van der Waals surface area contributed by atoms with E-state index >= 15 is 0 Å². The van der Waals surface area contributed by atoms with Crippen LogP contribution < -0.4 is 4.90 Å². The van der Waals surface area contributed by atoms with Gasteiger partial charge in [-0.1, -0.05) is 12.1 Å². The van der Waals surface area contributed by atoms with Gasteiger partial charge in [0.25, 0.3) is 0 Å². The number of thiophene rings is 1. The quantitative estimate of drug-likeness (QED) is 0.783. The van der Waals surface area contributed by atoms with E-state index in [1.165, 1.54) is 0 Å². The Kier molecular flexibility index (Phi) is 3.63. The maximum Gasteiger partial charge on any atom is 0.162 e. The van der Waals surface area contributed by atoms with Gasteiger partial charge in [-0.15, -0.1) is 11.3 Å². The predicted molar refractivity (Wildman–Crippen MR) is 92.3 cm³/mol. The number of morpholine rings is 1. The summed E-state index contributed by atoms with van der Waals surface area (Å²) < 4.78 is 6.57. The number of anilines is 1. The van der Waals surface area contributed by atoms with Crippen molar-refractivity contribution < 1.29 is 9.84 Å². The molecule has 6 heteroatoms. The second-order valence-corrected chi connectivity index (χ2v) is 6.50. The predicted octanol–water partition coefficient (Wildman–Crippen LogP) is 3.21. The van der Waals surface area contributed by atoms with Crippen LogP contribution in [0.5, 0.6) is 5.75 Å². The number of hydrogen-bond acceptors (Lipinski definition) is 6. The average Bonchev–Trinajstić information content (AvgIpc) is 2.96. The number of benzene rings is 1. The molecule has 0 saturated carbocycles. The van der Waals surface area contributed by atoms with E-state index < -0.39 is 0 Å². The Morgan fingerprint density at radius 3 is 2.83 bits per heavy atom. The van der Waals surface area contributed by atoms with Crippen LogP contribution in [0.2, 0.25) is 0 Å². The average molecular weight is 327 g/mol. The topological polar surface area (TPSA) is 58.5 Å². The Hall–Kier alpha value is -2.18. The lowest BCUT2D eigenvalue weighted by Crippen LogP contribution is -2.36. The summed E-state index contributed by atoms with van der Waals surface area (Å²) >= 11 is 1.68. The summed E-state index contributed by atoms with van der Waals surface area (Å²) in [5, 5.41) is 11.9. The number of aromatic hydroxyl groups is 1. The zero-order valence-corrected chi connectivity index (χ0v) is 13.6. The van der Waals surface area contributed by atoms with Crippen LogP contribution in [0, 0.1) is 6.92 Å². The fourth-order valence-electron chi connectivity index (χ4n) is 2.78. The number of hydrogen-bond donors (Lipinski definition) is 1. The molecule has 3 heterocycles. The van der Waals surface area contributed by atoms with Crippen LogP contribution in [0.1, 0.15) is 5.56 Å². The van der Waals surface area contributed by atoms with Crippen molar-refractivity contribution in [3.8, 4) is 17.1 Å². The SMILES string of the molecule is Cc1csc2c(N3CCOCC3)nc(-c3cccc(O)c3)nc12. The van der Waals surface area contributed by atoms with Gasteiger partial charge < -0.3 is 14.7 Å². The summed E-state index contributed by atoms with van der Waals surface area (Å²) in [5.74, 6) is 1.84. The largest absolute Gasteiger partial charge is 0.508 e. The van der Waals surface area contributed by atoms with Crippen molar-refractivity contribution in [1.82, 2.24) is 9.97 Å². The maximum atomic E-state index is 9.74. The lowest BCUT2D eigenvalue weighted by molar-refractivity contribution is 0.122. The molecule has 1 saturated heterocycles. The first-order valence-corrected chi connectivity index (χ1v) is 8.48. The Labute approximate surface area is 138 Å². The molecular weight excluding hydrogens is 310 g/mol. The van der Waals surface area contributed by atoms with Crippen LogP contribution >= 0.6 is 11.3 Å². The second-order valence-electron chi connectivity index (χ2n) is 5.62. The molecule has 0 unspecified atom stereocenters. The van der Waals surface area contributed by atoms with Gasteiger partial charge in [-0.25, -0.2) is 9.97 Å². The van der Waals surface area contributed by atoms with Crippen LogP contribution in [0.3, 0.4) is 0 Å². The lowest BCUT2D eigenvalue weighted by atomic mass is 10.2. The molecular formula is C17H17N3O2S. The van der Waals surface area contributed by atoms with Crippen LogP contribution in [0.15, 0.2) is 29.6 Å². The minimum Gasteiger partial charge on any atom is -0.508 e. The summed E-state index contributed by atoms with van der Waals surface area (Å²) in [4.78, 5) is 11.8. The second kappa shape index (κ2) is 5.79. The van der Waals surface area contributed by atoms with E-state index in [4.69, 9.17) is 14.7 Å². The summed E-state index contributed by atoms with van der Waals surface area (Å²) in [6.07, 6.45) is 0. The highest BCUT2D eigenvalue weighted by Crippen LogP contribution is 2.34. The number of ether oxygens (including phenoxy) is 1. The molecule has 0 spiro atoms. The molecule has 0 radical (unpaired) electrons. The normalized spacial score (nSPS) is 15.3. The highest BCUT2D eigenvalue weighted by molar-refractivity contribution is 7.18. The number of phenols is 1. The zero-order chi connectivity index (χ0) is 15.8. The Morgan fingerprint density at radius 2 is 2.04 bits per heavy atom. The van der Waals surface area contributed by atoms with Crippen molar-refractivity contribution in [3.05, 3.63) is 35.2 Å². The molecule has 0 atom stereocenters. The van der Waals surface area contributed by atoms with Crippen LogP contribution in [-0.4, -0.2) is 41.4 Å².